The van der Waals surface area contributed by atoms with Crippen molar-refractivity contribution in [3.8, 4) is 22.9 Å². The number of nitrogens with one attached hydrogen (secondary N) is 2. The second-order valence-corrected chi connectivity index (χ2v) is 4.96. The normalized spacial score (nSPS) is 19.2. The fourth-order valence-corrected chi connectivity index (χ4v) is 2.35. The highest BCUT2D eigenvalue weighted by Crippen LogP contribution is 2.34. The highest BCUT2D eigenvalue weighted by molar-refractivity contribution is 5.68. The lowest BCUT2D eigenvalue weighted by atomic mass is 10.2. The van der Waals surface area contributed by atoms with Gasteiger partial charge in [0, 0.05) is 25.7 Å². The number of nitrogens with zero attached hydrogens (tertiary/aromatic N) is 3. The second-order valence-electron chi connectivity index (χ2n) is 4.96. The van der Waals surface area contributed by atoms with Crippen LogP contribution < -0.4 is 10.2 Å². The Bertz CT molecular complexity index is 613. The molecule has 0 saturated carbocycles. The average molecular weight is 275 g/mol. The molecule has 2 aromatic rings. The molecule has 1 saturated heterocycles. The lowest BCUT2D eigenvalue weighted by Crippen LogP contribution is -2.49. The molecule has 1 aromatic carbocycles. The van der Waals surface area contributed by atoms with Crippen molar-refractivity contribution in [3.63, 3.8) is 0 Å². The van der Waals surface area contributed by atoms with Crippen LogP contribution in [0.4, 0.5) is 5.95 Å². The van der Waals surface area contributed by atoms with Crippen molar-refractivity contribution >= 4 is 5.95 Å². The van der Waals surface area contributed by atoms with Gasteiger partial charge >= 0.3 is 0 Å². The van der Waals surface area contributed by atoms with Gasteiger partial charge in [-0.15, -0.1) is 5.10 Å². The third kappa shape index (κ3) is 2.27. The highest BCUT2D eigenvalue weighted by atomic mass is 16.3. The van der Waals surface area contributed by atoms with Crippen molar-refractivity contribution in [2.75, 3.05) is 24.5 Å². The fourth-order valence-electron chi connectivity index (χ4n) is 2.35. The molecule has 1 aliphatic heterocycles. The quantitative estimate of drug-likeness (QED) is 0.602. The Morgan fingerprint density at radius 2 is 2.20 bits per heavy atom. The third-order valence-corrected chi connectivity index (χ3v) is 3.40. The molecule has 0 aliphatic carbocycles. The van der Waals surface area contributed by atoms with Gasteiger partial charge in [-0.05, 0) is 19.1 Å². The van der Waals surface area contributed by atoms with Crippen LogP contribution in [0.15, 0.2) is 18.2 Å². The van der Waals surface area contributed by atoms with Crippen molar-refractivity contribution in [2.24, 2.45) is 0 Å². The summed E-state index contributed by atoms with van der Waals surface area (Å²) in [6.07, 6.45) is 0. The summed E-state index contributed by atoms with van der Waals surface area (Å²) in [6.45, 7) is 4.68. The standard InChI is InChI=1S/C13H17N5O2/c1-8-7-18(6-5-14-8)13-15-12(16-17-13)9-3-2-4-10(19)11(9)20/h2-4,8,14,19-20H,5-7H2,1H3,(H,15,16,17)/t8-/m1/s1. The zero-order valence-electron chi connectivity index (χ0n) is 11.2. The minimum absolute atomic E-state index is 0.170. The van der Waals surface area contributed by atoms with Crippen LogP contribution >= 0.6 is 0 Å². The number of rotatable bonds is 2. The van der Waals surface area contributed by atoms with Gasteiger partial charge in [0.05, 0.1) is 5.56 Å². The van der Waals surface area contributed by atoms with Gasteiger partial charge < -0.3 is 20.4 Å². The number of aromatic nitrogens is 3. The third-order valence-electron chi connectivity index (χ3n) is 3.40. The monoisotopic (exact) mass is 275 g/mol. The predicted molar refractivity (Wildman–Crippen MR) is 74.8 cm³/mol. The molecule has 1 atom stereocenters. The predicted octanol–water partition coefficient (Wildman–Crippen LogP) is 0.681. The Morgan fingerprint density at radius 1 is 1.35 bits per heavy atom. The Labute approximate surface area is 116 Å². The number of phenolic OH excluding ortho intramolecular Hbond substituents is 2. The van der Waals surface area contributed by atoms with Crippen molar-refractivity contribution in [1.29, 1.82) is 0 Å². The largest absolute Gasteiger partial charge is 0.504 e. The molecule has 20 heavy (non-hydrogen) atoms. The first-order chi connectivity index (χ1) is 9.65. The number of aromatic hydroxyl groups is 2. The van der Waals surface area contributed by atoms with Crippen LogP contribution in [0.5, 0.6) is 11.5 Å². The Kier molecular flexibility index (Phi) is 3.19. The van der Waals surface area contributed by atoms with Gasteiger partial charge in [-0.2, -0.15) is 4.98 Å². The summed E-state index contributed by atoms with van der Waals surface area (Å²) in [4.78, 5) is 6.49. The minimum Gasteiger partial charge on any atom is -0.504 e. The second kappa shape index (κ2) is 5.01. The summed E-state index contributed by atoms with van der Waals surface area (Å²) in [6, 6.07) is 5.15. The van der Waals surface area contributed by atoms with E-state index in [-0.39, 0.29) is 11.5 Å². The van der Waals surface area contributed by atoms with Gasteiger partial charge in [0.15, 0.2) is 17.3 Å². The van der Waals surface area contributed by atoms with E-state index in [2.05, 4.69) is 32.3 Å². The van der Waals surface area contributed by atoms with Gasteiger partial charge in [-0.25, -0.2) is 0 Å². The van der Waals surface area contributed by atoms with Crippen LogP contribution in [0.2, 0.25) is 0 Å². The fraction of sp³-hybridized carbons (Fsp3) is 0.385. The molecule has 0 unspecified atom stereocenters. The molecule has 0 amide bonds. The molecule has 106 valence electrons. The number of para-hydroxylation sites is 1. The van der Waals surface area contributed by atoms with Gasteiger partial charge in [0.25, 0.3) is 0 Å². The molecule has 0 spiro atoms. The molecule has 4 N–H and O–H groups in total. The SMILES string of the molecule is C[C@@H]1CN(c2n[nH]c(-c3cccc(O)c3O)n2)CCN1. The summed E-state index contributed by atoms with van der Waals surface area (Å²) < 4.78 is 0. The number of aromatic amines is 1. The summed E-state index contributed by atoms with van der Waals surface area (Å²) in [7, 11) is 0. The van der Waals surface area contributed by atoms with Crippen LogP contribution in [0.3, 0.4) is 0 Å². The molecule has 7 nitrogen and oxygen atoms in total. The molecular formula is C13H17N5O2. The van der Waals surface area contributed by atoms with E-state index < -0.39 is 0 Å². The number of H-pyrrole nitrogens is 1. The minimum atomic E-state index is -0.191. The van der Waals surface area contributed by atoms with Crippen LogP contribution in [0.25, 0.3) is 11.4 Å². The van der Waals surface area contributed by atoms with Crippen molar-refractivity contribution in [2.45, 2.75) is 13.0 Å². The van der Waals surface area contributed by atoms with E-state index >= 15 is 0 Å². The Morgan fingerprint density at radius 3 is 3.00 bits per heavy atom. The lowest BCUT2D eigenvalue weighted by Gasteiger charge is -2.30. The van der Waals surface area contributed by atoms with Crippen molar-refractivity contribution in [3.05, 3.63) is 18.2 Å². The van der Waals surface area contributed by atoms with Crippen molar-refractivity contribution in [1.82, 2.24) is 20.5 Å². The molecule has 1 aliphatic rings. The molecule has 1 aromatic heterocycles. The molecule has 0 radical (unpaired) electrons. The highest BCUT2D eigenvalue weighted by Gasteiger charge is 2.20. The van der Waals surface area contributed by atoms with Crippen molar-refractivity contribution < 1.29 is 10.2 Å². The Balaban J connectivity index is 1.88. The van der Waals surface area contributed by atoms with Crippen LogP contribution in [-0.2, 0) is 0 Å². The molecule has 0 bridgehead atoms. The first kappa shape index (κ1) is 12.7. The van der Waals surface area contributed by atoms with Gasteiger partial charge in [0.1, 0.15) is 0 Å². The number of hydrogen-bond donors (Lipinski definition) is 4. The van der Waals surface area contributed by atoms with E-state index in [0.29, 0.717) is 23.4 Å². The molecule has 1 fully saturated rings. The number of hydrogen-bond acceptors (Lipinski definition) is 6. The smallest absolute Gasteiger partial charge is 0.245 e. The summed E-state index contributed by atoms with van der Waals surface area (Å²) >= 11 is 0. The number of benzene rings is 1. The van der Waals surface area contributed by atoms with Gasteiger partial charge in [-0.3, -0.25) is 5.10 Å². The van der Waals surface area contributed by atoms with E-state index in [0.717, 1.165) is 19.6 Å². The maximum atomic E-state index is 9.85. The zero-order valence-corrected chi connectivity index (χ0v) is 11.2. The van der Waals surface area contributed by atoms with Gasteiger partial charge in [0.2, 0.25) is 5.95 Å². The van der Waals surface area contributed by atoms with E-state index in [9.17, 15) is 10.2 Å². The number of anilines is 1. The number of phenols is 2. The van der Waals surface area contributed by atoms with Gasteiger partial charge in [-0.1, -0.05) is 6.07 Å². The first-order valence-corrected chi connectivity index (χ1v) is 6.57. The summed E-state index contributed by atoms with van der Waals surface area (Å²) in [5, 5.41) is 29.7. The average Bonchev–Trinajstić information content (AvgIpc) is 2.91. The van der Waals surface area contributed by atoms with Crippen LogP contribution in [0.1, 0.15) is 6.92 Å². The maximum absolute atomic E-state index is 9.85. The molecule has 3 rings (SSSR count). The van der Waals surface area contributed by atoms with E-state index in [4.69, 9.17) is 0 Å². The Hall–Kier alpha value is -2.28. The van der Waals surface area contributed by atoms with Crippen LogP contribution in [-0.4, -0.2) is 51.1 Å². The number of piperazine rings is 1. The summed E-state index contributed by atoms with van der Waals surface area (Å²) in [5.74, 6) is 0.691. The maximum Gasteiger partial charge on any atom is 0.245 e. The van der Waals surface area contributed by atoms with E-state index in [1.165, 1.54) is 6.07 Å². The van der Waals surface area contributed by atoms with Crippen LogP contribution in [0, 0.1) is 0 Å². The first-order valence-electron chi connectivity index (χ1n) is 6.57. The lowest BCUT2D eigenvalue weighted by molar-refractivity contribution is 0.405. The van der Waals surface area contributed by atoms with E-state index in [1.54, 1.807) is 12.1 Å². The zero-order chi connectivity index (χ0) is 14.1. The summed E-state index contributed by atoms with van der Waals surface area (Å²) in [5.41, 5.74) is 0.437. The molecule has 2 heterocycles. The molecule has 7 heteroatoms. The van der Waals surface area contributed by atoms with E-state index in [1.807, 2.05) is 0 Å². The topological polar surface area (TPSA) is 97.3 Å². The molecular weight excluding hydrogens is 258 g/mol.